The molecule has 0 spiro atoms. The molecule has 0 unspecified atom stereocenters. The Labute approximate surface area is 224 Å². The van der Waals surface area contributed by atoms with Crippen LogP contribution in [-0.2, 0) is 45.8 Å². The minimum Gasteiger partial charge on any atom is -0.620 e. The molecule has 0 heterocycles. The zero-order chi connectivity index (χ0) is 22.3. The van der Waals surface area contributed by atoms with Crippen LogP contribution in [0.25, 0.3) is 5.14 Å². The van der Waals surface area contributed by atoms with Crippen molar-refractivity contribution in [3.05, 3.63) is 76.8 Å². The molecule has 1 aliphatic carbocycles. The van der Waals surface area contributed by atoms with Crippen molar-refractivity contribution in [1.82, 2.24) is 5.32 Å². The van der Waals surface area contributed by atoms with E-state index >= 15 is 0 Å². The maximum Gasteiger partial charge on any atom is 0.119 e. The summed E-state index contributed by atoms with van der Waals surface area (Å²) in [6.45, 7) is 11.0. The molecule has 2 N–H and O–H groups in total. The van der Waals surface area contributed by atoms with Crippen molar-refractivity contribution in [3.8, 4) is 5.75 Å². The Balaban J connectivity index is 0.000000945. The smallest absolute Gasteiger partial charge is 0.119 e. The Morgan fingerprint density at radius 1 is 1.12 bits per heavy atom. The maximum absolute atomic E-state index is 6.19. The van der Waals surface area contributed by atoms with Gasteiger partial charge in [-0.05, 0) is 54.2 Å². The van der Waals surface area contributed by atoms with Crippen LogP contribution in [0.4, 0.5) is 5.69 Å². The van der Waals surface area contributed by atoms with E-state index in [1.165, 1.54) is 60.9 Å². The van der Waals surface area contributed by atoms with Gasteiger partial charge in [0.1, 0.15) is 5.75 Å². The molecule has 2 aromatic carbocycles. The Morgan fingerprint density at radius 3 is 2.34 bits per heavy atom. The van der Waals surface area contributed by atoms with Crippen LogP contribution < -0.4 is 15.0 Å². The topological polar surface area (TPSA) is 48.3 Å². The summed E-state index contributed by atoms with van der Waals surface area (Å²) in [6.07, 6.45) is 6.86. The van der Waals surface area contributed by atoms with E-state index in [4.69, 9.17) is 9.88 Å². The molecule has 32 heavy (non-hydrogen) atoms. The number of hydrogen-bond acceptors (Lipinski definition) is 4. The van der Waals surface area contributed by atoms with Crippen molar-refractivity contribution in [2.45, 2.75) is 52.1 Å². The Hall–Kier alpha value is -0.846. The predicted molar refractivity (Wildman–Crippen MR) is 135 cm³/mol. The molecular formula is C26H37N3OSY-2. The van der Waals surface area contributed by atoms with Crippen molar-refractivity contribution in [1.29, 1.82) is 0 Å². The molecule has 0 saturated heterocycles. The predicted octanol–water partition coefficient (Wildman–Crippen LogP) is 7.02. The number of hydrogen-bond donors (Lipinski definition) is 1. The summed E-state index contributed by atoms with van der Waals surface area (Å²) in [7, 11) is 1.71. The molecule has 1 saturated carbocycles. The molecule has 3 rings (SSSR count). The van der Waals surface area contributed by atoms with Crippen LogP contribution in [0.15, 0.2) is 53.9 Å². The molecule has 1 fully saturated rings. The van der Waals surface area contributed by atoms with Gasteiger partial charge < -0.3 is 38.6 Å². The van der Waals surface area contributed by atoms with Gasteiger partial charge in [0.2, 0.25) is 0 Å². The molecule has 0 bridgehead atoms. The van der Waals surface area contributed by atoms with E-state index in [0.717, 1.165) is 43.2 Å². The third-order valence-electron chi connectivity index (χ3n) is 5.66. The molecule has 1 radical (unpaired) electrons. The summed E-state index contributed by atoms with van der Waals surface area (Å²) in [6, 6.07) is 17.3. The zero-order valence-corrected chi connectivity index (χ0v) is 23.2. The number of nitrogens with zero attached hydrogens (tertiary/aromatic N) is 1. The molecule has 6 heteroatoms. The van der Waals surface area contributed by atoms with Gasteiger partial charge in [0.15, 0.2) is 0 Å². The van der Waals surface area contributed by atoms with Crippen molar-refractivity contribution in [2.24, 2.45) is 5.92 Å². The second-order valence-electron chi connectivity index (χ2n) is 7.95. The van der Waals surface area contributed by atoms with Crippen molar-refractivity contribution in [2.75, 3.05) is 25.1 Å². The fraction of sp³-hybridized carbons (Fsp3) is 0.462. The van der Waals surface area contributed by atoms with Gasteiger partial charge in [-0.3, -0.25) is 0 Å². The third-order valence-corrected chi connectivity index (χ3v) is 5.80. The first kappa shape index (κ1) is 29.2. The Kier molecular flexibility index (Phi) is 16.1. The second kappa shape index (κ2) is 17.6. The average Bonchev–Trinajstić information content (AvgIpc) is 2.78. The van der Waals surface area contributed by atoms with Gasteiger partial charge in [-0.1, -0.05) is 50.5 Å². The average molecular weight is 529 g/mol. The molecule has 0 aliphatic heterocycles. The van der Waals surface area contributed by atoms with Gasteiger partial charge in [0.05, 0.1) is 7.11 Å². The van der Waals surface area contributed by atoms with Crippen LogP contribution in [0.2, 0.25) is 0 Å². The number of rotatable bonds is 12. The number of anilines is 1. The summed E-state index contributed by atoms with van der Waals surface area (Å²) in [5.74, 6) is 1.88. The van der Waals surface area contributed by atoms with Gasteiger partial charge in [-0.15, -0.1) is 0 Å². The van der Waals surface area contributed by atoms with E-state index < -0.39 is 0 Å². The fourth-order valence-corrected chi connectivity index (χ4v) is 3.76. The minimum absolute atomic E-state index is 0. The molecule has 0 aromatic heterocycles. The summed E-state index contributed by atoms with van der Waals surface area (Å²) in [4.78, 5) is 2.57. The monoisotopic (exact) mass is 528 g/mol. The minimum atomic E-state index is 0. The molecule has 173 valence electrons. The number of nitrogens with one attached hydrogen (secondary N) is 2. The molecular weight excluding hydrogens is 491 g/mol. The van der Waals surface area contributed by atoms with E-state index in [1.807, 2.05) is 12.1 Å². The summed E-state index contributed by atoms with van der Waals surface area (Å²) in [5.41, 5.74) is 3.97. The summed E-state index contributed by atoms with van der Waals surface area (Å²) in [5, 5.41) is 11.0. The quantitative estimate of drug-likeness (QED) is 0.238. The van der Waals surface area contributed by atoms with E-state index in [1.54, 1.807) is 7.11 Å². The van der Waals surface area contributed by atoms with Gasteiger partial charge in [-0.25, -0.2) is 5.41 Å². The van der Waals surface area contributed by atoms with Gasteiger partial charge in [-0.2, -0.15) is 0 Å². The molecule has 0 amide bonds. The van der Waals surface area contributed by atoms with Crippen LogP contribution in [0.5, 0.6) is 5.75 Å². The van der Waals surface area contributed by atoms with E-state index in [9.17, 15) is 0 Å². The molecule has 0 atom stereocenters. The van der Waals surface area contributed by atoms with E-state index in [-0.39, 0.29) is 32.7 Å². The van der Waals surface area contributed by atoms with Crippen LogP contribution in [0.1, 0.15) is 50.2 Å². The van der Waals surface area contributed by atoms with Gasteiger partial charge in [0.25, 0.3) is 0 Å². The van der Waals surface area contributed by atoms with Crippen molar-refractivity contribution < 1.29 is 37.4 Å². The van der Waals surface area contributed by atoms with E-state index in [0.29, 0.717) is 0 Å². The second-order valence-corrected chi connectivity index (χ2v) is 8.46. The largest absolute Gasteiger partial charge is 0.620 e. The first-order valence-electron chi connectivity index (χ1n) is 11.2. The number of benzene rings is 2. The normalized spacial score (nSPS) is 12.6. The first-order chi connectivity index (χ1) is 15.2. The first-order valence-corrected chi connectivity index (χ1v) is 12.1. The van der Waals surface area contributed by atoms with E-state index in [2.05, 4.69) is 60.1 Å². The van der Waals surface area contributed by atoms with Crippen LogP contribution in [0, 0.1) is 12.5 Å². The molecule has 1 aliphatic rings. The molecule has 4 nitrogen and oxygen atoms in total. The number of ether oxygens (including phenoxy) is 1. The fourth-order valence-electron chi connectivity index (χ4n) is 3.76. The van der Waals surface area contributed by atoms with Crippen LogP contribution in [0.3, 0.4) is 0 Å². The standard InChI is InChI=1S/C24H34N2O.C2H3NS.Y/c1-3-14-26(15-13-20-7-4-8-20)23-11-5-9-21(16-23)18-25-19-22-10-6-12-24(17-22)27-2;1-2-4-3;/h5-6,9-12,16-17,20,25H,3-4,7-8,13-15,18-19H2,1-2H3;1-3H;/q;-2;. The zero-order valence-electron chi connectivity index (χ0n) is 19.6. The Morgan fingerprint density at radius 2 is 1.78 bits per heavy atom. The summed E-state index contributed by atoms with van der Waals surface area (Å²) < 4.78 is 5.30. The number of methoxy groups -OCH3 is 1. The third kappa shape index (κ3) is 10.8. The van der Waals surface area contributed by atoms with Crippen molar-refractivity contribution in [3.63, 3.8) is 0 Å². The maximum atomic E-state index is 6.19. The van der Waals surface area contributed by atoms with Gasteiger partial charge in [0, 0.05) is 64.6 Å². The SMILES string of the molecule is CCCN(CCC1CCC1)c1cccc(CNCc2cccc(OC)c2)c1.[CH-]=CS[NH-].[Y]. The Bertz CT molecular complexity index is 770. The van der Waals surface area contributed by atoms with Crippen LogP contribution >= 0.6 is 11.9 Å². The van der Waals surface area contributed by atoms with Gasteiger partial charge >= 0.3 is 0 Å². The summed E-state index contributed by atoms with van der Waals surface area (Å²) >= 11 is 0.759. The molecule has 2 aromatic rings. The van der Waals surface area contributed by atoms with Crippen LogP contribution in [-0.4, -0.2) is 20.2 Å². The van der Waals surface area contributed by atoms with Crippen molar-refractivity contribution >= 4 is 17.6 Å².